The van der Waals surface area contributed by atoms with Crippen molar-refractivity contribution in [3.8, 4) is 0 Å². The quantitative estimate of drug-likeness (QED) is 0.421. The summed E-state index contributed by atoms with van der Waals surface area (Å²) in [7, 11) is 0. The third-order valence-corrected chi connectivity index (χ3v) is 8.40. The third kappa shape index (κ3) is 5.95. The normalized spacial score (nSPS) is 19.1. The number of halogens is 1. The van der Waals surface area contributed by atoms with E-state index in [1.807, 2.05) is 64.6 Å². The Morgan fingerprint density at radius 3 is 2.45 bits per heavy atom. The number of amidine groups is 1. The summed E-state index contributed by atoms with van der Waals surface area (Å²) in [5, 5.41) is 6.26. The van der Waals surface area contributed by atoms with E-state index < -0.39 is 6.04 Å². The number of carbonyl (C=O) groups is 3. The van der Waals surface area contributed by atoms with Crippen molar-refractivity contribution in [1.82, 2.24) is 9.80 Å². The van der Waals surface area contributed by atoms with Gasteiger partial charge < -0.3 is 19.9 Å². The number of esters is 1. The molecule has 0 saturated carbocycles. The van der Waals surface area contributed by atoms with Crippen LogP contribution in [0.15, 0.2) is 82.0 Å². The first-order chi connectivity index (χ1) is 19.4. The van der Waals surface area contributed by atoms with Crippen molar-refractivity contribution in [2.45, 2.75) is 39.2 Å². The van der Waals surface area contributed by atoms with Gasteiger partial charge in [-0.25, -0.2) is 4.99 Å². The van der Waals surface area contributed by atoms with Crippen LogP contribution < -0.4 is 5.32 Å². The van der Waals surface area contributed by atoms with Crippen LogP contribution in [-0.4, -0.2) is 52.4 Å². The highest BCUT2D eigenvalue weighted by Gasteiger charge is 2.41. The second-order valence-electron chi connectivity index (χ2n) is 9.85. The average molecular weight is 579 g/mol. The molecule has 0 aromatic heterocycles. The van der Waals surface area contributed by atoms with Crippen molar-refractivity contribution in [3.05, 3.63) is 87.6 Å². The van der Waals surface area contributed by atoms with E-state index in [0.717, 1.165) is 16.4 Å². The van der Waals surface area contributed by atoms with E-state index in [2.05, 4.69) is 5.32 Å². The smallest absolute Gasteiger partial charge is 0.309 e. The Kier molecular flexibility index (Phi) is 8.61. The molecule has 208 valence electrons. The molecule has 2 aromatic rings. The molecule has 1 unspecified atom stereocenters. The topological polar surface area (TPSA) is 91.3 Å². The molecule has 5 rings (SSSR count). The first kappa shape index (κ1) is 28.0. The first-order valence-corrected chi connectivity index (χ1v) is 14.6. The van der Waals surface area contributed by atoms with Crippen molar-refractivity contribution in [1.29, 1.82) is 0 Å². The van der Waals surface area contributed by atoms with Gasteiger partial charge in [-0.3, -0.25) is 14.4 Å². The summed E-state index contributed by atoms with van der Waals surface area (Å²) < 4.78 is 5.16. The lowest BCUT2D eigenvalue weighted by atomic mass is 9.93. The molecular weight excluding hydrogens is 548 g/mol. The van der Waals surface area contributed by atoms with Gasteiger partial charge in [0.15, 0.2) is 5.17 Å². The Hall–Kier alpha value is -3.56. The molecule has 1 atom stereocenters. The summed E-state index contributed by atoms with van der Waals surface area (Å²) in [6.07, 6.45) is 1.34. The molecule has 3 aliphatic rings. The fourth-order valence-electron chi connectivity index (χ4n) is 5.23. The fourth-order valence-corrected chi connectivity index (χ4v) is 6.32. The number of rotatable bonds is 7. The summed E-state index contributed by atoms with van der Waals surface area (Å²) in [5.41, 5.74) is 3.45. The number of anilines is 1. The maximum Gasteiger partial charge on any atom is 0.309 e. The van der Waals surface area contributed by atoms with E-state index in [1.165, 1.54) is 11.8 Å². The number of aliphatic imine (C=N–C) groups is 1. The summed E-state index contributed by atoms with van der Waals surface area (Å²) in [6.45, 7) is 5.01. The standard InChI is InChI=1S/C30H31ClN4O4S/c1-3-39-29(38)21-13-15-34(16-14-21)25(36)17-24-18-40-30-32-19(2)26(28(37)33-23-7-5-4-6-8-23)27(35(24)30)20-9-11-22(31)12-10-20/h4-12,18,21,27H,3,13-17H2,1-2H3,(H,33,37). The monoisotopic (exact) mass is 578 g/mol. The van der Waals surface area contributed by atoms with Crippen LogP contribution in [0.25, 0.3) is 0 Å². The van der Waals surface area contributed by atoms with E-state index >= 15 is 0 Å². The molecule has 1 fully saturated rings. The zero-order valence-corrected chi connectivity index (χ0v) is 24.0. The average Bonchev–Trinajstić information content (AvgIpc) is 3.35. The van der Waals surface area contributed by atoms with Crippen LogP contribution in [0.4, 0.5) is 5.69 Å². The second-order valence-corrected chi connectivity index (χ2v) is 11.1. The zero-order chi connectivity index (χ0) is 28.2. The lowest BCUT2D eigenvalue weighted by Gasteiger charge is -2.37. The molecule has 10 heteroatoms. The van der Waals surface area contributed by atoms with Crippen molar-refractivity contribution in [3.63, 3.8) is 0 Å². The predicted octanol–water partition coefficient (Wildman–Crippen LogP) is 5.75. The second kappa shape index (κ2) is 12.3. The number of ether oxygens (including phenoxy) is 1. The molecule has 0 bridgehead atoms. The number of benzene rings is 2. The number of likely N-dealkylation sites (tertiary alicyclic amines) is 1. The Morgan fingerprint density at radius 1 is 1.07 bits per heavy atom. The minimum Gasteiger partial charge on any atom is -0.466 e. The molecule has 2 aromatic carbocycles. The van der Waals surface area contributed by atoms with Gasteiger partial charge in [-0.15, -0.1) is 0 Å². The van der Waals surface area contributed by atoms with E-state index in [0.29, 0.717) is 54.5 Å². The summed E-state index contributed by atoms with van der Waals surface area (Å²) >= 11 is 7.65. The predicted molar refractivity (Wildman–Crippen MR) is 157 cm³/mol. The molecule has 0 radical (unpaired) electrons. The molecule has 8 nitrogen and oxygen atoms in total. The van der Waals surface area contributed by atoms with Crippen LogP contribution in [0.2, 0.25) is 5.02 Å². The van der Waals surface area contributed by atoms with Crippen LogP contribution in [0.5, 0.6) is 0 Å². The number of nitrogens with zero attached hydrogens (tertiary/aromatic N) is 3. The number of nitrogens with one attached hydrogen (secondary N) is 1. The van der Waals surface area contributed by atoms with Crippen LogP contribution in [0.3, 0.4) is 0 Å². The van der Waals surface area contributed by atoms with E-state index in [9.17, 15) is 14.4 Å². The fraction of sp³-hybridized carbons (Fsp3) is 0.333. The van der Waals surface area contributed by atoms with Gasteiger partial charge in [0.1, 0.15) is 0 Å². The Balaban J connectivity index is 1.38. The molecule has 3 aliphatic heterocycles. The minimum atomic E-state index is -0.489. The highest BCUT2D eigenvalue weighted by molar-refractivity contribution is 8.16. The Bertz CT molecular complexity index is 1380. The molecule has 3 heterocycles. The zero-order valence-electron chi connectivity index (χ0n) is 22.4. The summed E-state index contributed by atoms with van der Waals surface area (Å²) in [4.78, 5) is 47.8. The van der Waals surface area contributed by atoms with Gasteiger partial charge >= 0.3 is 5.97 Å². The minimum absolute atomic E-state index is 0.0215. The molecule has 1 saturated heterocycles. The molecule has 0 spiro atoms. The van der Waals surface area contributed by atoms with Gasteiger partial charge in [0.2, 0.25) is 5.91 Å². The van der Waals surface area contributed by atoms with Crippen molar-refractivity contribution >= 4 is 52.0 Å². The first-order valence-electron chi connectivity index (χ1n) is 13.4. The van der Waals surface area contributed by atoms with Crippen LogP contribution in [0, 0.1) is 5.92 Å². The van der Waals surface area contributed by atoms with Gasteiger partial charge in [0.25, 0.3) is 5.91 Å². The highest BCUT2D eigenvalue weighted by Crippen LogP contribution is 2.45. The van der Waals surface area contributed by atoms with Gasteiger partial charge in [-0.2, -0.15) is 0 Å². The third-order valence-electron chi connectivity index (χ3n) is 7.26. The lowest BCUT2D eigenvalue weighted by Crippen LogP contribution is -2.42. The number of piperidine rings is 1. The maximum absolute atomic E-state index is 13.7. The van der Waals surface area contributed by atoms with Crippen LogP contribution >= 0.6 is 23.4 Å². The van der Waals surface area contributed by atoms with Crippen molar-refractivity contribution < 1.29 is 19.1 Å². The number of fused-ring (bicyclic) bond motifs is 1. The highest BCUT2D eigenvalue weighted by atomic mass is 35.5. The van der Waals surface area contributed by atoms with Crippen molar-refractivity contribution in [2.24, 2.45) is 10.9 Å². The van der Waals surface area contributed by atoms with E-state index in [-0.39, 0.29) is 30.1 Å². The van der Waals surface area contributed by atoms with Crippen LogP contribution in [-0.2, 0) is 19.1 Å². The largest absolute Gasteiger partial charge is 0.466 e. The maximum atomic E-state index is 13.7. The van der Waals surface area contributed by atoms with Gasteiger partial charge in [0, 0.05) is 29.5 Å². The SMILES string of the molecule is CCOC(=O)C1CCN(C(=O)CC2=CSC3=NC(C)=C(C(=O)Nc4ccccc4)C(c4ccc(Cl)cc4)N23)CC1. The Morgan fingerprint density at radius 2 is 1.77 bits per heavy atom. The van der Waals surface area contributed by atoms with Gasteiger partial charge in [-0.1, -0.05) is 53.7 Å². The molecular formula is C30H31ClN4O4S. The van der Waals surface area contributed by atoms with Crippen LogP contribution in [0.1, 0.15) is 44.7 Å². The Labute approximate surface area is 243 Å². The number of amides is 2. The molecule has 1 N–H and O–H groups in total. The molecule has 2 amide bonds. The van der Waals surface area contributed by atoms with Gasteiger partial charge in [-0.05, 0) is 61.9 Å². The number of hydrogen-bond donors (Lipinski definition) is 1. The molecule has 0 aliphatic carbocycles. The summed E-state index contributed by atoms with van der Waals surface area (Å²) in [5.74, 6) is -0.631. The van der Waals surface area contributed by atoms with Crippen molar-refractivity contribution in [2.75, 3.05) is 25.0 Å². The number of allylic oxidation sites excluding steroid dienone is 1. The number of thioether (sulfide) groups is 1. The lowest BCUT2D eigenvalue weighted by molar-refractivity contribution is -0.151. The van der Waals surface area contributed by atoms with E-state index in [1.54, 1.807) is 19.1 Å². The van der Waals surface area contributed by atoms with E-state index in [4.69, 9.17) is 21.3 Å². The summed E-state index contributed by atoms with van der Waals surface area (Å²) in [6, 6.07) is 16.2. The molecule has 40 heavy (non-hydrogen) atoms. The number of para-hydroxylation sites is 1. The number of hydrogen-bond acceptors (Lipinski definition) is 7. The van der Waals surface area contributed by atoms with Gasteiger partial charge in [0.05, 0.1) is 36.3 Å². The number of carbonyl (C=O) groups excluding carboxylic acids is 3.